The number of anilines is 1. The van der Waals surface area contributed by atoms with Gasteiger partial charge in [-0.3, -0.25) is 4.79 Å². The van der Waals surface area contributed by atoms with Gasteiger partial charge in [0.15, 0.2) is 5.78 Å². The lowest BCUT2D eigenvalue weighted by Crippen LogP contribution is -2.03. The van der Waals surface area contributed by atoms with Crippen LogP contribution < -0.4 is 10.1 Å². The molecule has 0 saturated heterocycles. The van der Waals surface area contributed by atoms with Gasteiger partial charge in [-0.1, -0.05) is 47.5 Å². The van der Waals surface area contributed by atoms with Crippen molar-refractivity contribution in [2.75, 3.05) is 5.32 Å². The number of ether oxygens (including phenoxy) is 1. The highest BCUT2D eigenvalue weighted by molar-refractivity contribution is 6.30. The van der Waals surface area contributed by atoms with Crippen molar-refractivity contribution in [2.45, 2.75) is 6.61 Å². The third-order valence-corrected chi connectivity index (χ3v) is 4.35. The number of ketones is 1. The van der Waals surface area contributed by atoms with Crippen molar-refractivity contribution in [3.63, 3.8) is 0 Å². The molecule has 3 aromatic rings. The average Bonchev–Trinajstić information content (AvgIpc) is 2.69. The van der Waals surface area contributed by atoms with E-state index in [-0.39, 0.29) is 11.5 Å². The normalized spacial score (nSPS) is 10.8. The maximum atomic E-state index is 13.8. The van der Waals surface area contributed by atoms with E-state index < -0.39 is 5.82 Å². The lowest BCUT2D eigenvalue weighted by atomic mass is 10.1. The molecule has 0 spiro atoms. The molecule has 0 heterocycles. The molecule has 3 nitrogen and oxygen atoms in total. The third-order valence-electron chi connectivity index (χ3n) is 3.86. The number of halogens is 3. The number of benzene rings is 3. The molecule has 28 heavy (non-hydrogen) atoms. The minimum atomic E-state index is -0.503. The number of allylic oxidation sites excluding steroid dienone is 1. The van der Waals surface area contributed by atoms with Gasteiger partial charge < -0.3 is 10.1 Å². The van der Waals surface area contributed by atoms with Crippen molar-refractivity contribution in [2.24, 2.45) is 0 Å². The Balaban J connectivity index is 1.67. The predicted molar refractivity (Wildman–Crippen MR) is 111 cm³/mol. The van der Waals surface area contributed by atoms with Crippen molar-refractivity contribution in [1.82, 2.24) is 0 Å². The highest BCUT2D eigenvalue weighted by Crippen LogP contribution is 2.22. The fourth-order valence-corrected chi connectivity index (χ4v) is 2.73. The molecule has 0 atom stereocenters. The molecule has 0 unspecified atom stereocenters. The Kier molecular flexibility index (Phi) is 6.69. The first-order chi connectivity index (χ1) is 13.5. The van der Waals surface area contributed by atoms with Gasteiger partial charge in [-0.15, -0.1) is 0 Å². The number of carbonyl (C=O) groups excluding carboxylic acids is 1. The number of hydrogen-bond acceptors (Lipinski definition) is 3. The molecule has 0 saturated carbocycles. The monoisotopic (exact) mass is 415 g/mol. The van der Waals surface area contributed by atoms with Crippen LogP contribution in [-0.2, 0) is 6.61 Å². The molecule has 0 aromatic heterocycles. The molecular weight excluding hydrogens is 400 g/mol. The summed E-state index contributed by atoms with van der Waals surface area (Å²) in [4.78, 5) is 12.5. The van der Waals surface area contributed by atoms with Gasteiger partial charge >= 0.3 is 0 Å². The van der Waals surface area contributed by atoms with E-state index in [0.29, 0.717) is 28.0 Å². The lowest BCUT2D eigenvalue weighted by molar-refractivity contribution is 0.104. The van der Waals surface area contributed by atoms with Crippen LogP contribution in [0.4, 0.5) is 10.1 Å². The van der Waals surface area contributed by atoms with E-state index in [1.54, 1.807) is 42.5 Å². The van der Waals surface area contributed by atoms with Gasteiger partial charge in [0.05, 0.1) is 11.3 Å². The molecule has 0 aliphatic rings. The summed E-state index contributed by atoms with van der Waals surface area (Å²) in [6.45, 7) is 0.305. The molecule has 0 fully saturated rings. The number of hydrogen-bond donors (Lipinski definition) is 1. The van der Waals surface area contributed by atoms with Crippen LogP contribution in [0.3, 0.4) is 0 Å². The van der Waals surface area contributed by atoms with Crippen LogP contribution in [0.5, 0.6) is 5.75 Å². The smallest absolute Gasteiger partial charge is 0.191 e. The van der Waals surface area contributed by atoms with Crippen LogP contribution in [0.15, 0.2) is 79.0 Å². The molecule has 0 aliphatic carbocycles. The molecule has 6 heteroatoms. The second-order valence-electron chi connectivity index (χ2n) is 5.88. The average molecular weight is 416 g/mol. The standard InChI is InChI=1S/C22H16Cl2FNO2/c23-16-7-5-15(6-8-16)14-28-22-4-2-1-3-18(22)21(27)11-12-26-20-10-9-17(24)13-19(20)25/h1-13,26H,14H2/b12-11+. The summed E-state index contributed by atoms with van der Waals surface area (Å²) in [5.41, 5.74) is 1.56. The van der Waals surface area contributed by atoms with E-state index >= 15 is 0 Å². The minimum absolute atomic E-state index is 0.223. The first-order valence-corrected chi connectivity index (χ1v) is 9.17. The summed E-state index contributed by atoms with van der Waals surface area (Å²) in [6, 6.07) is 18.5. The van der Waals surface area contributed by atoms with Crippen LogP contribution in [0.2, 0.25) is 10.0 Å². The highest BCUT2D eigenvalue weighted by atomic mass is 35.5. The zero-order valence-electron chi connectivity index (χ0n) is 14.7. The SMILES string of the molecule is O=C(/C=C/Nc1ccc(Cl)cc1F)c1ccccc1OCc1ccc(Cl)cc1. The summed E-state index contributed by atoms with van der Waals surface area (Å²) >= 11 is 11.6. The van der Waals surface area contributed by atoms with Crippen molar-refractivity contribution < 1.29 is 13.9 Å². The largest absolute Gasteiger partial charge is 0.488 e. The van der Waals surface area contributed by atoms with E-state index in [1.807, 2.05) is 12.1 Å². The van der Waals surface area contributed by atoms with Gasteiger partial charge in [0, 0.05) is 22.3 Å². The molecule has 3 rings (SSSR count). The maximum Gasteiger partial charge on any atom is 0.191 e. The highest BCUT2D eigenvalue weighted by Gasteiger charge is 2.10. The van der Waals surface area contributed by atoms with Crippen molar-refractivity contribution in [3.05, 3.63) is 106 Å². The van der Waals surface area contributed by atoms with Gasteiger partial charge in [0.1, 0.15) is 18.2 Å². The minimum Gasteiger partial charge on any atom is -0.488 e. The van der Waals surface area contributed by atoms with Crippen LogP contribution in [0.1, 0.15) is 15.9 Å². The van der Waals surface area contributed by atoms with E-state index in [9.17, 15) is 9.18 Å². The van der Waals surface area contributed by atoms with Gasteiger partial charge in [-0.2, -0.15) is 0 Å². The quantitative estimate of drug-likeness (QED) is 0.352. The molecule has 0 radical (unpaired) electrons. The van der Waals surface area contributed by atoms with Crippen LogP contribution in [0, 0.1) is 5.82 Å². The Hall–Kier alpha value is -2.82. The van der Waals surface area contributed by atoms with Crippen molar-refractivity contribution in [1.29, 1.82) is 0 Å². The summed E-state index contributed by atoms with van der Waals surface area (Å²) < 4.78 is 19.5. The van der Waals surface area contributed by atoms with E-state index in [2.05, 4.69) is 5.32 Å². The van der Waals surface area contributed by atoms with Crippen molar-refractivity contribution >= 4 is 34.7 Å². The Morgan fingerprint density at radius 2 is 1.71 bits per heavy atom. The van der Waals surface area contributed by atoms with E-state index in [0.717, 1.165) is 5.56 Å². The number of carbonyl (C=O) groups is 1. The lowest BCUT2D eigenvalue weighted by Gasteiger charge is -2.10. The molecule has 0 bridgehead atoms. The summed E-state index contributed by atoms with van der Waals surface area (Å²) in [5, 5.41) is 3.68. The van der Waals surface area contributed by atoms with E-state index in [4.69, 9.17) is 27.9 Å². The zero-order valence-corrected chi connectivity index (χ0v) is 16.2. The Morgan fingerprint density at radius 3 is 2.46 bits per heavy atom. The van der Waals surface area contributed by atoms with Gasteiger partial charge in [0.2, 0.25) is 0 Å². The topological polar surface area (TPSA) is 38.3 Å². The van der Waals surface area contributed by atoms with Gasteiger partial charge in [0.25, 0.3) is 0 Å². The summed E-state index contributed by atoms with van der Waals surface area (Å²) in [7, 11) is 0. The third kappa shape index (κ3) is 5.35. The number of rotatable bonds is 7. The van der Waals surface area contributed by atoms with Crippen LogP contribution >= 0.6 is 23.2 Å². The summed E-state index contributed by atoms with van der Waals surface area (Å²) in [5.74, 6) is -0.311. The molecule has 3 aromatic carbocycles. The van der Waals surface area contributed by atoms with Gasteiger partial charge in [-0.05, 0) is 48.0 Å². The maximum absolute atomic E-state index is 13.8. The van der Waals surface area contributed by atoms with Gasteiger partial charge in [-0.25, -0.2) is 4.39 Å². The molecular formula is C22H16Cl2FNO2. The molecule has 142 valence electrons. The first kappa shape index (κ1) is 19.9. The second-order valence-corrected chi connectivity index (χ2v) is 6.75. The van der Waals surface area contributed by atoms with Crippen molar-refractivity contribution in [3.8, 4) is 5.75 Å². The zero-order chi connectivity index (χ0) is 19.9. The van der Waals surface area contributed by atoms with E-state index in [1.165, 1.54) is 24.4 Å². The first-order valence-electron chi connectivity index (χ1n) is 8.41. The van der Waals surface area contributed by atoms with Crippen LogP contribution in [0.25, 0.3) is 0 Å². The Morgan fingerprint density at radius 1 is 1.00 bits per heavy atom. The number of para-hydroxylation sites is 1. The predicted octanol–water partition coefficient (Wildman–Crippen LogP) is 6.52. The summed E-state index contributed by atoms with van der Waals surface area (Å²) in [6.07, 6.45) is 2.70. The fraction of sp³-hybridized carbons (Fsp3) is 0.0455. The molecule has 0 amide bonds. The fourth-order valence-electron chi connectivity index (χ4n) is 2.44. The number of nitrogens with one attached hydrogen (secondary N) is 1. The Bertz CT molecular complexity index is 1000. The Labute approximate surface area is 172 Å². The van der Waals surface area contributed by atoms with Crippen LogP contribution in [-0.4, -0.2) is 5.78 Å². The molecule has 1 N–H and O–H groups in total. The second kappa shape index (κ2) is 9.40. The molecule has 0 aliphatic heterocycles.